The second kappa shape index (κ2) is 5.54. The number of carbonyl (C=O) groups excluding carboxylic acids is 1. The van der Waals surface area contributed by atoms with Gasteiger partial charge in [0.25, 0.3) is 0 Å². The zero-order valence-electron chi connectivity index (χ0n) is 13.5. The highest BCUT2D eigenvalue weighted by atomic mass is 16.6. The molecular weight excluding hydrogens is 276 g/mol. The molecule has 3 heteroatoms. The molecule has 2 aliphatic heterocycles. The topological polar surface area (TPSA) is 35.5 Å². The molecule has 4 rings (SSSR count). The second-order valence-electron chi connectivity index (χ2n) is 7.16. The van der Waals surface area contributed by atoms with E-state index < -0.39 is 0 Å². The smallest absolute Gasteiger partial charge is 0.331 e. The van der Waals surface area contributed by atoms with Crippen molar-refractivity contribution in [1.82, 2.24) is 0 Å². The lowest BCUT2D eigenvalue weighted by Gasteiger charge is -2.56. The van der Waals surface area contributed by atoms with Gasteiger partial charge in [-0.15, -0.1) is 0 Å². The fourth-order valence-corrected chi connectivity index (χ4v) is 3.76. The highest BCUT2D eigenvalue weighted by Crippen LogP contribution is 2.50. The van der Waals surface area contributed by atoms with Crippen LogP contribution in [0.4, 0.5) is 0 Å². The Kier molecular flexibility index (Phi) is 3.85. The van der Waals surface area contributed by atoms with E-state index in [1.54, 1.807) is 6.08 Å². The first-order valence-electron chi connectivity index (χ1n) is 8.03. The van der Waals surface area contributed by atoms with Gasteiger partial charge < -0.3 is 9.47 Å². The first-order valence-corrected chi connectivity index (χ1v) is 8.03. The van der Waals surface area contributed by atoms with Crippen LogP contribution in [0, 0.1) is 5.92 Å². The molecule has 1 saturated carbocycles. The molecule has 3 atom stereocenters. The third-order valence-corrected chi connectivity index (χ3v) is 5.12. The van der Waals surface area contributed by atoms with E-state index in [9.17, 15) is 4.79 Å². The number of carbonyl (C=O) groups is 1. The second-order valence-corrected chi connectivity index (χ2v) is 7.16. The van der Waals surface area contributed by atoms with Crippen molar-refractivity contribution < 1.29 is 14.3 Å². The Morgan fingerprint density at radius 2 is 2.00 bits per heavy atom. The van der Waals surface area contributed by atoms with Gasteiger partial charge in [-0.2, -0.15) is 0 Å². The van der Waals surface area contributed by atoms with Crippen LogP contribution in [0.2, 0.25) is 0 Å². The molecule has 118 valence electrons. The number of ether oxygens (including phenoxy) is 2. The third kappa shape index (κ3) is 2.95. The fourth-order valence-electron chi connectivity index (χ4n) is 3.76. The molecule has 0 amide bonds. The standard InChI is InChI=1S/C19H24O3/c1-18(2)15-11-12-19(3,22-18)16(13-15)21-17(20)10-9-14-7-5-4-6-8-14/h4-10,15-16H,11-13H2,1-3H3/b10-9+. The summed E-state index contributed by atoms with van der Waals surface area (Å²) in [5.41, 5.74) is 0.526. The Labute approximate surface area is 132 Å². The summed E-state index contributed by atoms with van der Waals surface area (Å²) >= 11 is 0. The Morgan fingerprint density at radius 3 is 2.64 bits per heavy atom. The summed E-state index contributed by atoms with van der Waals surface area (Å²) in [6, 6.07) is 9.76. The summed E-state index contributed by atoms with van der Waals surface area (Å²) in [6.07, 6.45) is 6.16. The van der Waals surface area contributed by atoms with Gasteiger partial charge >= 0.3 is 5.97 Å². The number of rotatable bonds is 3. The van der Waals surface area contributed by atoms with Crippen molar-refractivity contribution in [1.29, 1.82) is 0 Å². The lowest BCUT2D eigenvalue weighted by atomic mass is 9.67. The quantitative estimate of drug-likeness (QED) is 0.625. The average molecular weight is 300 g/mol. The van der Waals surface area contributed by atoms with Crippen LogP contribution in [0.15, 0.2) is 36.4 Å². The number of fused-ring (bicyclic) bond motifs is 3. The van der Waals surface area contributed by atoms with Gasteiger partial charge in [-0.1, -0.05) is 30.3 Å². The van der Waals surface area contributed by atoms with Crippen molar-refractivity contribution >= 4 is 12.0 Å². The Balaban J connectivity index is 1.64. The van der Waals surface area contributed by atoms with Crippen molar-refractivity contribution in [2.24, 2.45) is 5.92 Å². The number of benzene rings is 1. The Hall–Kier alpha value is -1.61. The van der Waals surface area contributed by atoms with E-state index in [1.165, 1.54) is 6.08 Å². The van der Waals surface area contributed by atoms with Gasteiger partial charge in [0.1, 0.15) is 11.7 Å². The lowest BCUT2D eigenvalue weighted by molar-refractivity contribution is -0.277. The van der Waals surface area contributed by atoms with Gasteiger partial charge in [-0.3, -0.25) is 0 Å². The van der Waals surface area contributed by atoms with Crippen molar-refractivity contribution in [2.75, 3.05) is 0 Å². The van der Waals surface area contributed by atoms with Crippen LogP contribution in [0.25, 0.3) is 6.08 Å². The molecule has 1 aromatic rings. The molecule has 3 nitrogen and oxygen atoms in total. The van der Waals surface area contributed by atoms with E-state index in [4.69, 9.17) is 9.47 Å². The molecule has 0 spiro atoms. The highest BCUT2D eigenvalue weighted by molar-refractivity contribution is 5.87. The van der Waals surface area contributed by atoms with Crippen LogP contribution in [-0.4, -0.2) is 23.3 Å². The maximum atomic E-state index is 12.1. The van der Waals surface area contributed by atoms with Crippen LogP contribution in [-0.2, 0) is 14.3 Å². The summed E-state index contributed by atoms with van der Waals surface area (Å²) < 4.78 is 11.9. The van der Waals surface area contributed by atoms with Gasteiger partial charge in [0, 0.05) is 6.08 Å². The summed E-state index contributed by atoms with van der Waals surface area (Å²) in [5.74, 6) is 0.175. The predicted molar refractivity (Wildman–Crippen MR) is 86.3 cm³/mol. The normalized spacial score (nSPS) is 33.0. The van der Waals surface area contributed by atoms with Crippen molar-refractivity contribution in [2.45, 2.75) is 57.3 Å². The van der Waals surface area contributed by atoms with E-state index in [0.717, 1.165) is 24.8 Å². The van der Waals surface area contributed by atoms with Gasteiger partial charge in [0.15, 0.2) is 0 Å². The molecule has 3 fully saturated rings. The minimum absolute atomic E-state index is 0.115. The summed E-state index contributed by atoms with van der Waals surface area (Å²) in [6.45, 7) is 6.35. The summed E-state index contributed by atoms with van der Waals surface area (Å²) in [5, 5.41) is 0. The summed E-state index contributed by atoms with van der Waals surface area (Å²) in [7, 11) is 0. The maximum absolute atomic E-state index is 12.1. The fraction of sp³-hybridized carbons (Fsp3) is 0.526. The number of hydrogen-bond donors (Lipinski definition) is 0. The Morgan fingerprint density at radius 1 is 1.27 bits per heavy atom. The number of esters is 1. The van der Waals surface area contributed by atoms with Crippen LogP contribution >= 0.6 is 0 Å². The van der Waals surface area contributed by atoms with Crippen LogP contribution < -0.4 is 0 Å². The average Bonchev–Trinajstić information content (AvgIpc) is 2.47. The maximum Gasteiger partial charge on any atom is 0.331 e. The van der Waals surface area contributed by atoms with Gasteiger partial charge in [-0.05, 0) is 57.6 Å². The van der Waals surface area contributed by atoms with Gasteiger partial charge in [0.2, 0.25) is 0 Å². The van der Waals surface area contributed by atoms with Crippen molar-refractivity contribution in [3.05, 3.63) is 42.0 Å². The minimum atomic E-state index is -0.353. The molecule has 22 heavy (non-hydrogen) atoms. The zero-order valence-corrected chi connectivity index (χ0v) is 13.5. The minimum Gasteiger partial charge on any atom is -0.456 e. The van der Waals surface area contributed by atoms with Gasteiger partial charge in [0.05, 0.1) is 5.60 Å². The van der Waals surface area contributed by atoms with Crippen LogP contribution in [0.3, 0.4) is 0 Å². The van der Waals surface area contributed by atoms with Crippen molar-refractivity contribution in [3.63, 3.8) is 0 Å². The van der Waals surface area contributed by atoms with E-state index in [0.29, 0.717) is 5.92 Å². The molecule has 1 aromatic carbocycles. The molecule has 0 aromatic heterocycles. The van der Waals surface area contributed by atoms with Crippen molar-refractivity contribution in [3.8, 4) is 0 Å². The first-order chi connectivity index (χ1) is 10.4. The first kappa shape index (κ1) is 15.3. The molecule has 2 heterocycles. The largest absolute Gasteiger partial charge is 0.456 e. The molecule has 0 N–H and O–H groups in total. The monoisotopic (exact) mass is 300 g/mol. The summed E-state index contributed by atoms with van der Waals surface area (Å²) in [4.78, 5) is 12.1. The molecule has 3 unspecified atom stereocenters. The Bertz CT molecular complexity index is 576. The molecule has 0 radical (unpaired) electrons. The molecule has 2 bridgehead atoms. The zero-order chi connectivity index (χ0) is 15.8. The predicted octanol–water partition coefficient (Wildman–Crippen LogP) is 3.98. The van der Waals surface area contributed by atoms with E-state index in [-0.39, 0.29) is 23.3 Å². The molecule has 2 saturated heterocycles. The highest BCUT2D eigenvalue weighted by Gasteiger charge is 2.55. The molecule has 3 aliphatic rings. The molecular formula is C19H24O3. The van der Waals surface area contributed by atoms with Crippen LogP contribution in [0.1, 0.15) is 45.6 Å². The SMILES string of the molecule is CC1(C)OC2(C)CCC1CC2OC(=O)/C=C/c1ccccc1. The van der Waals surface area contributed by atoms with E-state index in [2.05, 4.69) is 20.8 Å². The van der Waals surface area contributed by atoms with E-state index in [1.807, 2.05) is 30.3 Å². The van der Waals surface area contributed by atoms with E-state index >= 15 is 0 Å². The third-order valence-electron chi connectivity index (χ3n) is 5.12. The van der Waals surface area contributed by atoms with Crippen LogP contribution in [0.5, 0.6) is 0 Å². The van der Waals surface area contributed by atoms with Gasteiger partial charge in [-0.25, -0.2) is 4.79 Å². The number of hydrogen-bond acceptors (Lipinski definition) is 3. The molecule has 1 aliphatic carbocycles. The lowest BCUT2D eigenvalue weighted by Crippen LogP contribution is -2.62.